The van der Waals surface area contributed by atoms with Crippen LogP contribution in [0.1, 0.15) is 13.8 Å². The molecule has 4 heteroatoms. The van der Waals surface area contributed by atoms with Crippen LogP contribution in [0, 0.1) is 14.9 Å². The van der Waals surface area contributed by atoms with Gasteiger partial charge < -0.3 is 26.3 Å². The molecule has 1 radical (unpaired) electrons. The van der Waals surface area contributed by atoms with Gasteiger partial charge in [0.05, 0.1) is 0 Å². The van der Waals surface area contributed by atoms with E-state index < -0.39 is 0 Å². The van der Waals surface area contributed by atoms with Crippen LogP contribution in [-0.4, -0.2) is 20.8 Å². The molecule has 0 aliphatic heterocycles. The van der Waals surface area contributed by atoms with Gasteiger partial charge in [0.15, 0.2) is 0 Å². The predicted octanol–water partition coefficient (Wildman–Crippen LogP) is 4.94. The van der Waals surface area contributed by atoms with Crippen LogP contribution in [0.15, 0.2) is 72.8 Å². The Labute approximate surface area is 174 Å². The molecule has 0 saturated heterocycles. The minimum atomic E-state index is 0. The molecule has 0 aliphatic rings. The van der Waals surface area contributed by atoms with Crippen LogP contribution in [0.5, 0.6) is 0 Å². The maximum atomic E-state index is 4.50. The molecule has 2 nitrogen and oxygen atoms in total. The van der Waals surface area contributed by atoms with Gasteiger partial charge in [-0.25, -0.2) is 0 Å². The predicted molar refractivity (Wildman–Crippen MR) is 113 cm³/mol. The molecule has 0 aliphatic carbocycles. The molecule has 2 aromatic rings. The Balaban J connectivity index is -0.0000000287. The number of benzene rings is 2. The van der Waals surface area contributed by atoms with Crippen molar-refractivity contribution in [1.82, 2.24) is 0 Å². The maximum Gasteiger partial charge on any atom is 0 e. The molecule has 1 unspecified atom stereocenters. The molecule has 2 aromatic carbocycles. The normalized spacial score (nSPS) is 5.22. The Morgan fingerprint density at radius 2 is 0.478 bits per heavy atom. The molecule has 0 aromatic heterocycles. The Bertz CT molecular complexity index is 197. The Hall–Kier alpha value is -0.106. The van der Waals surface area contributed by atoms with Gasteiger partial charge in [-0.1, -0.05) is 93.3 Å². The van der Waals surface area contributed by atoms with E-state index >= 15 is 0 Å². The summed E-state index contributed by atoms with van der Waals surface area (Å²) in [5.41, 5.74) is 9.00. The fourth-order valence-electron chi connectivity index (χ4n) is 0.770. The summed E-state index contributed by atoms with van der Waals surface area (Å²) in [7, 11) is 5.42. The molecule has 0 spiro atoms. The van der Waals surface area contributed by atoms with Crippen molar-refractivity contribution in [2.24, 2.45) is 11.5 Å². The summed E-state index contributed by atoms with van der Waals surface area (Å²) in [5.74, 6) is 0. The molecule has 23 heavy (non-hydrogen) atoms. The van der Waals surface area contributed by atoms with Crippen LogP contribution in [0.25, 0.3) is 0 Å². The molecule has 2 rings (SSSR count). The van der Waals surface area contributed by atoms with E-state index in [1.54, 1.807) is 0 Å². The van der Waals surface area contributed by atoms with Gasteiger partial charge in [-0.3, -0.25) is 0 Å². The number of hydrogen-bond donors (Lipinski definition) is 2. The SMILES string of the molecule is CC.CN.CN.CP.[CH3-].[CH3-].[Y].c1ccccc1.c1ccccc1. The first-order valence-corrected chi connectivity index (χ1v) is 7.89. The average Bonchev–Trinajstić information content (AvgIpc) is 2.65. The number of nitrogens with two attached hydrogens (primary N) is 2. The van der Waals surface area contributed by atoms with E-state index in [2.05, 4.69) is 20.7 Å². The van der Waals surface area contributed by atoms with Crippen LogP contribution >= 0.6 is 9.24 Å². The molecule has 0 amide bonds. The van der Waals surface area contributed by atoms with E-state index in [1.165, 1.54) is 14.1 Å². The second kappa shape index (κ2) is 67.6. The van der Waals surface area contributed by atoms with Crippen molar-refractivity contribution in [3.8, 4) is 0 Å². The summed E-state index contributed by atoms with van der Waals surface area (Å²) in [5, 5.41) is 0. The minimum absolute atomic E-state index is 0. The summed E-state index contributed by atoms with van der Waals surface area (Å²) < 4.78 is 0. The number of rotatable bonds is 0. The monoisotopic (exact) mass is 415 g/mol. The van der Waals surface area contributed by atoms with Crippen molar-refractivity contribution in [3.63, 3.8) is 0 Å². The van der Waals surface area contributed by atoms with Gasteiger partial charge in [0.2, 0.25) is 0 Å². The molecule has 0 saturated carbocycles. The van der Waals surface area contributed by atoms with Crippen molar-refractivity contribution in [1.29, 1.82) is 0 Å². The van der Waals surface area contributed by atoms with E-state index in [4.69, 9.17) is 0 Å². The van der Waals surface area contributed by atoms with Crippen molar-refractivity contribution < 1.29 is 32.7 Å². The van der Waals surface area contributed by atoms with Crippen LogP contribution < -0.4 is 11.5 Å². The Kier molecular flexibility index (Phi) is 128. The van der Waals surface area contributed by atoms with Crippen molar-refractivity contribution in [3.05, 3.63) is 87.6 Å². The summed E-state index contributed by atoms with van der Waals surface area (Å²) in [6.45, 7) is 5.92. The van der Waals surface area contributed by atoms with Gasteiger partial charge in [0.1, 0.15) is 0 Å². The second-order valence-electron chi connectivity index (χ2n) is 2.31. The van der Waals surface area contributed by atoms with Gasteiger partial charge >= 0.3 is 0 Å². The molecule has 135 valence electrons. The first-order valence-electron chi connectivity index (χ1n) is 6.73. The van der Waals surface area contributed by atoms with Crippen LogP contribution in [0.3, 0.4) is 0 Å². The van der Waals surface area contributed by atoms with E-state index in [9.17, 15) is 0 Å². The van der Waals surface area contributed by atoms with Crippen LogP contribution in [-0.2, 0) is 32.7 Å². The van der Waals surface area contributed by atoms with Gasteiger partial charge in [-0.15, -0.1) is 9.24 Å². The molecule has 1 atom stereocenters. The van der Waals surface area contributed by atoms with Crippen molar-refractivity contribution in [2.45, 2.75) is 13.8 Å². The van der Waals surface area contributed by atoms with E-state index in [1.807, 2.05) is 93.3 Å². The van der Waals surface area contributed by atoms with Gasteiger partial charge in [-0.05, 0) is 14.1 Å². The third-order valence-electron chi connectivity index (χ3n) is 1.33. The van der Waals surface area contributed by atoms with Gasteiger partial charge in [-0.2, -0.15) is 0 Å². The molecular formula is C19H39N2PY-2. The van der Waals surface area contributed by atoms with E-state index in [-0.39, 0.29) is 47.6 Å². The number of hydrogen-bond acceptors (Lipinski definition) is 2. The molecule has 0 bridgehead atoms. The topological polar surface area (TPSA) is 52.0 Å². The average molecular weight is 415 g/mol. The zero-order chi connectivity index (χ0) is 16.5. The van der Waals surface area contributed by atoms with Crippen LogP contribution in [0.4, 0.5) is 0 Å². The zero-order valence-electron chi connectivity index (χ0n) is 16.2. The van der Waals surface area contributed by atoms with Gasteiger partial charge in [0.25, 0.3) is 0 Å². The first kappa shape index (κ1) is 43.4. The third-order valence-corrected chi connectivity index (χ3v) is 1.33. The summed E-state index contributed by atoms with van der Waals surface area (Å²) in [4.78, 5) is 0. The minimum Gasteiger partial charge on any atom is -0.358 e. The third kappa shape index (κ3) is 61.3. The summed E-state index contributed by atoms with van der Waals surface area (Å²) in [6.07, 6.45) is 0. The van der Waals surface area contributed by atoms with E-state index in [0.29, 0.717) is 0 Å². The molecular weight excluding hydrogens is 376 g/mol. The summed E-state index contributed by atoms with van der Waals surface area (Å²) >= 11 is 0. The fraction of sp³-hybridized carbons (Fsp3) is 0.263. The molecule has 0 fully saturated rings. The zero-order valence-corrected chi connectivity index (χ0v) is 20.2. The fourth-order valence-corrected chi connectivity index (χ4v) is 0.770. The largest absolute Gasteiger partial charge is 0.358 e. The molecule has 4 N–H and O–H groups in total. The maximum absolute atomic E-state index is 4.50. The summed E-state index contributed by atoms with van der Waals surface area (Å²) in [6, 6.07) is 24.0. The standard InChI is InChI=1S/2C6H6.C2H6.2CH5N.CH5P.2CH3.Y/c2*1-2-4-6-5-3-1;4*1-2;;;/h2*1-6H;1-2H3;3*2H2,1H3;2*1H3;/q;;;;;;2*-1;. The van der Waals surface area contributed by atoms with E-state index in [0.717, 1.165) is 0 Å². The Morgan fingerprint density at radius 3 is 0.522 bits per heavy atom. The Morgan fingerprint density at radius 1 is 0.435 bits per heavy atom. The van der Waals surface area contributed by atoms with Crippen LogP contribution in [0.2, 0.25) is 0 Å². The van der Waals surface area contributed by atoms with Crippen molar-refractivity contribution >= 4 is 9.24 Å². The molecule has 0 heterocycles. The smallest absolute Gasteiger partial charge is 0 e. The first-order chi connectivity index (χ1) is 10.0. The van der Waals surface area contributed by atoms with Gasteiger partial charge in [0, 0.05) is 32.7 Å². The second-order valence-corrected chi connectivity index (χ2v) is 2.31. The van der Waals surface area contributed by atoms with Crippen molar-refractivity contribution in [2.75, 3.05) is 20.8 Å². The quantitative estimate of drug-likeness (QED) is 0.473.